The van der Waals surface area contributed by atoms with Crippen molar-refractivity contribution in [2.45, 2.75) is 33.1 Å². The molecule has 0 radical (unpaired) electrons. The first-order valence-corrected chi connectivity index (χ1v) is 12.0. The fraction of sp³-hybridized carbons (Fsp3) is 0.417. The number of carbonyl (C=O) groups is 2. The summed E-state index contributed by atoms with van der Waals surface area (Å²) < 4.78 is 11.2. The highest BCUT2D eigenvalue weighted by Crippen LogP contribution is 2.32. The van der Waals surface area contributed by atoms with Gasteiger partial charge in [0.15, 0.2) is 5.17 Å². The smallest absolute Gasteiger partial charge is 0.286 e. The molecule has 1 aromatic carbocycles. The predicted octanol–water partition coefficient (Wildman–Crippen LogP) is 3.97. The number of ether oxygens (including phenoxy) is 2. The Balaban J connectivity index is 1.46. The van der Waals surface area contributed by atoms with E-state index >= 15 is 0 Å². The van der Waals surface area contributed by atoms with Gasteiger partial charge in [0.2, 0.25) is 5.91 Å². The number of hydrogen-bond acceptors (Lipinski definition) is 7. The first-order valence-electron chi connectivity index (χ1n) is 11.2. The second kappa shape index (κ2) is 10.8. The third-order valence-electron chi connectivity index (χ3n) is 5.49. The zero-order valence-corrected chi connectivity index (χ0v) is 19.7. The van der Waals surface area contributed by atoms with Gasteiger partial charge in [-0.3, -0.25) is 9.59 Å². The number of benzene rings is 1. The summed E-state index contributed by atoms with van der Waals surface area (Å²) in [6.07, 6.45) is 5.07. The lowest BCUT2D eigenvalue weighted by Crippen LogP contribution is -2.24. The minimum absolute atomic E-state index is 0.195. The van der Waals surface area contributed by atoms with Crippen LogP contribution in [0.4, 0.5) is 5.82 Å². The molecule has 0 unspecified atom stereocenters. The van der Waals surface area contributed by atoms with Gasteiger partial charge in [0.05, 0.1) is 17.0 Å². The number of pyridine rings is 1. The minimum Gasteiger partial charge on any atom is -0.493 e. The van der Waals surface area contributed by atoms with Crippen LogP contribution in [0.2, 0.25) is 0 Å². The third kappa shape index (κ3) is 6.11. The zero-order valence-electron chi connectivity index (χ0n) is 18.8. The van der Waals surface area contributed by atoms with E-state index < -0.39 is 0 Å². The van der Waals surface area contributed by atoms with Crippen LogP contribution >= 0.6 is 11.8 Å². The third-order valence-corrected chi connectivity index (χ3v) is 6.43. The van der Waals surface area contributed by atoms with Gasteiger partial charge in [-0.25, -0.2) is 4.98 Å². The predicted molar refractivity (Wildman–Crippen MR) is 131 cm³/mol. The van der Waals surface area contributed by atoms with E-state index in [-0.39, 0.29) is 11.8 Å². The number of aromatic nitrogens is 1. The Hall–Kier alpha value is -2.91. The van der Waals surface area contributed by atoms with Gasteiger partial charge in [-0.2, -0.15) is 4.99 Å². The lowest BCUT2D eigenvalue weighted by atomic mass is 9.97. The maximum Gasteiger partial charge on any atom is 0.286 e. The summed E-state index contributed by atoms with van der Waals surface area (Å²) in [5.74, 6) is 1.30. The largest absolute Gasteiger partial charge is 0.493 e. The Bertz CT molecular complexity index is 1110. The molecule has 174 valence electrons. The molecular weight excluding hydrogens is 440 g/mol. The van der Waals surface area contributed by atoms with Crippen molar-refractivity contribution in [2.75, 3.05) is 31.7 Å². The molecule has 0 spiro atoms. The van der Waals surface area contributed by atoms with Crippen LogP contribution in [-0.2, 0) is 14.3 Å². The summed E-state index contributed by atoms with van der Waals surface area (Å²) in [6.45, 7) is 6.30. The number of fused-ring (bicyclic) bond motifs is 1. The molecule has 1 aromatic heterocycles. The van der Waals surface area contributed by atoms with Crippen LogP contribution in [0.5, 0.6) is 5.75 Å². The van der Waals surface area contributed by atoms with Gasteiger partial charge in [0.25, 0.3) is 5.91 Å². The van der Waals surface area contributed by atoms with E-state index in [9.17, 15) is 9.59 Å². The van der Waals surface area contributed by atoms with Gasteiger partial charge in [-0.05, 0) is 67.6 Å². The molecule has 2 amide bonds. The minimum atomic E-state index is -0.238. The summed E-state index contributed by atoms with van der Waals surface area (Å²) in [6, 6.07) is 7.39. The lowest BCUT2D eigenvalue weighted by molar-refractivity contribution is -0.114. The molecule has 0 aliphatic carbocycles. The highest BCUT2D eigenvalue weighted by atomic mass is 32.2. The summed E-state index contributed by atoms with van der Waals surface area (Å²) in [5.41, 5.74) is 1.55. The summed E-state index contributed by atoms with van der Waals surface area (Å²) in [5, 5.41) is 7.46. The van der Waals surface area contributed by atoms with Gasteiger partial charge in [-0.1, -0.05) is 6.07 Å². The first-order chi connectivity index (χ1) is 16.0. The fourth-order valence-electron chi connectivity index (χ4n) is 3.88. The number of carbonyl (C=O) groups excluding carboxylic acids is 2. The van der Waals surface area contributed by atoms with E-state index in [2.05, 4.69) is 20.6 Å². The van der Waals surface area contributed by atoms with Crippen molar-refractivity contribution in [3.8, 4) is 5.75 Å². The van der Waals surface area contributed by atoms with Crippen LogP contribution in [0.15, 0.2) is 34.2 Å². The van der Waals surface area contributed by atoms with Crippen molar-refractivity contribution in [2.24, 2.45) is 10.9 Å². The van der Waals surface area contributed by atoms with Crippen molar-refractivity contribution >= 4 is 51.5 Å². The van der Waals surface area contributed by atoms with Crippen molar-refractivity contribution in [1.29, 1.82) is 0 Å². The average molecular weight is 469 g/mol. The Kier molecular flexibility index (Phi) is 7.61. The SMILES string of the molecule is CCOc1cc(NC(C)=O)nc2ccc(/C=C3\SC(NCCC4CCOCC4)=NC3=O)cc12. The number of rotatable bonds is 7. The van der Waals surface area contributed by atoms with E-state index in [0.717, 1.165) is 50.0 Å². The van der Waals surface area contributed by atoms with E-state index in [0.29, 0.717) is 39.7 Å². The van der Waals surface area contributed by atoms with Gasteiger partial charge in [0, 0.05) is 38.1 Å². The van der Waals surface area contributed by atoms with Gasteiger partial charge < -0.3 is 20.1 Å². The lowest BCUT2D eigenvalue weighted by Gasteiger charge is -2.21. The van der Waals surface area contributed by atoms with Crippen molar-refractivity contribution in [1.82, 2.24) is 10.3 Å². The Morgan fingerprint density at radius 2 is 2.12 bits per heavy atom. The van der Waals surface area contributed by atoms with Gasteiger partial charge >= 0.3 is 0 Å². The normalized spacial score (nSPS) is 17.9. The number of nitrogens with one attached hydrogen (secondary N) is 2. The molecule has 33 heavy (non-hydrogen) atoms. The summed E-state index contributed by atoms with van der Waals surface area (Å²) in [4.78, 5) is 33.1. The van der Waals surface area contributed by atoms with Crippen LogP contribution in [0, 0.1) is 5.92 Å². The van der Waals surface area contributed by atoms with Crippen LogP contribution < -0.4 is 15.4 Å². The van der Waals surface area contributed by atoms with E-state index in [1.165, 1.54) is 18.7 Å². The molecule has 2 aliphatic rings. The number of anilines is 1. The van der Waals surface area contributed by atoms with Crippen molar-refractivity contribution < 1.29 is 19.1 Å². The van der Waals surface area contributed by atoms with Gasteiger partial charge in [0.1, 0.15) is 11.6 Å². The quantitative estimate of drug-likeness (QED) is 0.593. The molecule has 2 aliphatic heterocycles. The van der Waals surface area contributed by atoms with E-state index in [4.69, 9.17) is 9.47 Å². The second-order valence-electron chi connectivity index (χ2n) is 8.00. The highest BCUT2D eigenvalue weighted by molar-refractivity contribution is 8.18. The number of amidine groups is 1. The molecule has 1 fully saturated rings. The van der Waals surface area contributed by atoms with Crippen LogP contribution in [0.25, 0.3) is 17.0 Å². The molecule has 2 N–H and O–H groups in total. The first kappa shape index (κ1) is 23.3. The highest BCUT2D eigenvalue weighted by Gasteiger charge is 2.22. The van der Waals surface area contributed by atoms with Crippen LogP contribution in [-0.4, -0.2) is 48.3 Å². The molecule has 3 heterocycles. The molecule has 4 rings (SSSR count). The molecule has 0 bridgehead atoms. The molecule has 0 saturated carbocycles. The Morgan fingerprint density at radius 1 is 1.30 bits per heavy atom. The molecular formula is C24H28N4O4S. The Labute approximate surface area is 197 Å². The number of nitrogens with zero attached hydrogens (tertiary/aromatic N) is 2. The standard InChI is InChI=1S/C24H28N4O4S/c1-3-32-20-14-22(26-15(2)29)27-19-5-4-17(12-18(19)20)13-21-23(30)28-24(33-21)25-9-6-16-7-10-31-11-8-16/h4-5,12-14,16H,3,6-11H2,1-2H3,(H,25,28,30)(H,26,27,29)/b21-13-. The monoisotopic (exact) mass is 468 g/mol. The second-order valence-corrected chi connectivity index (χ2v) is 9.03. The maximum absolute atomic E-state index is 12.4. The molecule has 1 saturated heterocycles. The summed E-state index contributed by atoms with van der Waals surface area (Å²) >= 11 is 1.36. The van der Waals surface area contributed by atoms with Crippen molar-refractivity contribution in [3.05, 3.63) is 34.7 Å². The van der Waals surface area contributed by atoms with E-state index in [1.54, 1.807) is 6.07 Å². The fourth-order valence-corrected chi connectivity index (χ4v) is 4.72. The van der Waals surface area contributed by atoms with Crippen LogP contribution in [0.1, 0.15) is 38.7 Å². The van der Waals surface area contributed by atoms with Gasteiger partial charge in [-0.15, -0.1) is 0 Å². The number of thioether (sulfide) groups is 1. The van der Waals surface area contributed by atoms with E-state index in [1.807, 2.05) is 31.2 Å². The van der Waals surface area contributed by atoms with Crippen LogP contribution in [0.3, 0.4) is 0 Å². The summed E-state index contributed by atoms with van der Waals surface area (Å²) in [7, 11) is 0. The molecule has 9 heteroatoms. The topological polar surface area (TPSA) is 102 Å². The average Bonchev–Trinajstić information content (AvgIpc) is 3.13. The molecule has 8 nitrogen and oxygen atoms in total. The Morgan fingerprint density at radius 3 is 2.88 bits per heavy atom. The molecule has 2 aromatic rings. The number of aliphatic imine (C=N–C) groups is 1. The van der Waals surface area contributed by atoms with Crippen molar-refractivity contribution in [3.63, 3.8) is 0 Å². The zero-order chi connectivity index (χ0) is 23.2. The maximum atomic E-state index is 12.4. The molecule has 0 atom stereocenters. The number of amides is 2. The number of hydrogen-bond donors (Lipinski definition) is 2.